The van der Waals surface area contributed by atoms with E-state index in [1.54, 1.807) is 0 Å². The van der Waals surface area contributed by atoms with E-state index in [2.05, 4.69) is 25.6 Å². The lowest BCUT2D eigenvalue weighted by molar-refractivity contribution is -0.116. The first-order valence-corrected chi connectivity index (χ1v) is 9.27. The number of anilines is 1. The molecule has 1 saturated heterocycles. The number of nitrogens with zero attached hydrogens (tertiary/aromatic N) is 4. The molecule has 8 heteroatoms. The molecule has 2 aromatic rings. The minimum Gasteiger partial charge on any atom is -0.361 e. The molecule has 0 bridgehead atoms. The van der Waals surface area contributed by atoms with Crippen molar-refractivity contribution in [3.8, 4) is 0 Å². The Bertz CT molecular complexity index is 684. The van der Waals surface area contributed by atoms with E-state index in [0.717, 1.165) is 42.3 Å². The molecule has 1 fully saturated rings. The van der Waals surface area contributed by atoms with Gasteiger partial charge in [-0.05, 0) is 32.7 Å². The van der Waals surface area contributed by atoms with Gasteiger partial charge in [0.05, 0.1) is 6.04 Å². The summed E-state index contributed by atoms with van der Waals surface area (Å²) in [6, 6.07) is 2.24. The Hall–Kier alpha value is -1.80. The van der Waals surface area contributed by atoms with Crippen LogP contribution in [0.15, 0.2) is 10.6 Å². The van der Waals surface area contributed by atoms with Crippen LogP contribution < -0.4 is 5.32 Å². The normalized spacial score (nSPS) is 18.7. The van der Waals surface area contributed by atoms with Crippen LogP contribution in [0.3, 0.4) is 0 Å². The van der Waals surface area contributed by atoms with Crippen molar-refractivity contribution in [2.24, 2.45) is 0 Å². The van der Waals surface area contributed by atoms with Crippen molar-refractivity contribution in [3.05, 3.63) is 22.5 Å². The van der Waals surface area contributed by atoms with Crippen LogP contribution in [0.2, 0.25) is 0 Å². The van der Waals surface area contributed by atoms with Gasteiger partial charge in [-0.3, -0.25) is 9.69 Å². The van der Waals surface area contributed by atoms with Crippen LogP contribution in [0.4, 0.5) is 5.13 Å². The number of carbonyl (C=O) groups excluding carboxylic acids is 1. The van der Waals surface area contributed by atoms with Gasteiger partial charge >= 0.3 is 0 Å². The van der Waals surface area contributed by atoms with Gasteiger partial charge in [0.25, 0.3) is 0 Å². The van der Waals surface area contributed by atoms with Crippen LogP contribution in [0.1, 0.15) is 55.1 Å². The van der Waals surface area contributed by atoms with Crippen LogP contribution in [0, 0.1) is 6.92 Å². The summed E-state index contributed by atoms with van der Waals surface area (Å²) in [6.07, 6.45) is 4.67. The largest absolute Gasteiger partial charge is 0.361 e. The molecule has 1 N–H and O–H groups in total. The fraction of sp³-hybridized carbons (Fsp3) is 0.625. The molecule has 2 aromatic heterocycles. The average Bonchev–Trinajstić information content (AvgIpc) is 3.22. The van der Waals surface area contributed by atoms with E-state index in [-0.39, 0.29) is 11.9 Å². The second-order valence-corrected chi connectivity index (χ2v) is 7.12. The highest BCUT2D eigenvalue weighted by atomic mass is 32.1. The van der Waals surface area contributed by atoms with Crippen molar-refractivity contribution in [2.75, 3.05) is 18.4 Å². The summed E-state index contributed by atoms with van der Waals surface area (Å²) >= 11 is 1.43. The Morgan fingerprint density at radius 1 is 1.46 bits per heavy atom. The zero-order chi connectivity index (χ0) is 16.9. The second kappa shape index (κ2) is 7.85. The fourth-order valence-corrected chi connectivity index (χ4v) is 3.71. The Morgan fingerprint density at radius 3 is 3.04 bits per heavy atom. The van der Waals surface area contributed by atoms with Gasteiger partial charge in [-0.2, -0.15) is 0 Å². The molecule has 7 nitrogen and oxygen atoms in total. The third kappa shape index (κ3) is 4.18. The first kappa shape index (κ1) is 17.0. The van der Waals surface area contributed by atoms with Crippen molar-refractivity contribution in [3.63, 3.8) is 0 Å². The van der Waals surface area contributed by atoms with Crippen molar-refractivity contribution < 1.29 is 9.32 Å². The van der Waals surface area contributed by atoms with Crippen molar-refractivity contribution >= 4 is 22.4 Å². The number of aromatic nitrogens is 3. The highest BCUT2D eigenvalue weighted by Gasteiger charge is 2.26. The van der Waals surface area contributed by atoms with Crippen LogP contribution in [-0.4, -0.2) is 39.3 Å². The Labute approximate surface area is 145 Å². The maximum Gasteiger partial charge on any atom is 0.227 e. The molecule has 3 rings (SSSR count). The minimum absolute atomic E-state index is 0.0190. The van der Waals surface area contributed by atoms with Gasteiger partial charge in [0, 0.05) is 19.0 Å². The van der Waals surface area contributed by atoms with Gasteiger partial charge in [-0.15, -0.1) is 10.2 Å². The Balaban J connectivity index is 1.54. The summed E-state index contributed by atoms with van der Waals surface area (Å²) in [6.45, 7) is 5.63. The number of likely N-dealkylation sites (tertiary alicyclic amines) is 1. The van der Waals surface area contributed by atoms with Crippen LogP contribution in [0.5, 0.6) is 0 Å². The molecule has 1 aliphatic heterocycles. The van der Waals surface area contributed by atoms with Crippen molar-refractivity contribution in [1.29, 1.82) is 0 Å². The SMILES string of the molecule is CCc1nnc(NC(=O)CCN2CCCC[C@H]2c2cc(C)on2)s1. The molecule has 24 heavy (non-hydrogen) atoms. The summed E-state index contributed by atoms with van der Waals surface area (Å²) in [5.41, 5.74) is 0.976. The molecule has 0 unspecified atom stereocenters. The van der Waals surface area contributed by atoms with Gasteiger partial charge in [0.2, 0.25) is 11.0 Å². The highest BCUT2D eigenvalue weighted by molar-refractivity contribution is 7.15. The first-order valence-electron chi connectivity index (χ1n) is 8.45. The molecule has 3 heterocycles. The number of piperidine rings is 1. The van der Waals surface area contributed by atoms with E-state index >= 15 is 0 Å². The molecular formula is C16H23N5O2S. The fourth-order valence-electron chi connectivity index (χ4n) is 3.01. The molecule has 0 radical (unpaired) electrons. The maximum absolute atomic E-state index is 12.2. The lowest BCUT2D eigenvalue weighted by atomic mass is 9.99. The lowest BCUT2D eigenvalue weighted by Gasteiger charge is -2.34. The Kier molecular flexibility index (Phi) is 5.57. The number of carbonyl (C=O) groups is 1. The van der Waals surface area contributed by atoms with Gasteiger partial charge in [-0.25, -0.2) is 0 Å². The number of amides is 1. The summed E-state index contributed by atoms with van der Waals surface area (Å²) < 4.78 is 5.21. The van der Waals surface area contributed by atoms with E-state index in [0.29, 0.717) is 18.1 Å². The summed E-state index contributed by atoms with van der Waals surface area (Å²) in [4.78, 5) is 14.5. The van der Waals surface area contributed by atoms with Gasteiger partial charge in [0.15, 0.2) is 0 Å². The number of aryl methyl sites for hydroxylation is 2. The molecule has 1 aliphatic rings. The summed E-state index contributed by atoms with van der Waals surface area (Å²) in [5.74, 6) is 0.811. The van der Waals surface area contributed by atoms with E-state index in [4.69, 9.17) is 4.52 Å². The van der Waals surface area contributed by atoms with Crippen molar-refractivity contribution in [1.82, 2.24) is 20.3 Å². The molecular weight excluding hydrogens is 326 g/mol. The van der Waals surface area contributed by atoms with Gasteiger partial charge in [-0.1, -0.05) is 29.8 Å². The number of hydrogen-bond donors (Lipinski definition) is 1. The number of rotatable bonds is 6. The van der Waals surface area contributed by atoms with E-state index in [1.807, 2.05) is 19.9 Å². The zero-order valence-electron chi connectivity index (χ0n) is 14.1. The quantitative estimate of drug-likeness (QED) is 0.863. The van der Waals surface area contributed by atoms with E-state index in [1.165, 1.54) is 17.8 Å². The first-order chi connectivity index (χ1) is 11.7. The van der Waals surface area contributed by atoms with Crippen molar-refractivity contribution in [2.45, 2.75) is 52.0 Å². The van der Waals surface area contributed by atoms with Crippen LogP contribution in [-0.2, 0) is 11.2 Å². The molecule has 1 amide bonds. The third-order valence-electron chi connectivity index (χ3n) is 4.24. The molecule has 0 spiro atoms. The zero-order valence-corrected chi connectivity index (χ0v) is 14.9. The monoisotopic (exact) mass is 349 g/mol. The Morgan fingerprint density at radius 2 is 2.33 bits per heavy atom. The third-order valence-corrected chi connectivity index (χ3v) is 5.23. The smallest absolute Gasteiger partial charge is 0.227 e. The molecule has 0 aliphatic carbocycles. The average molecular weight is 349 g/mol. The van der Waals surface area contributed by atoms with E-state index in [9.17, 15) is 4.79 Å². The molecule has 0 aromatic carbocycles. The topological polar surface area (TPSA) is 84.2 Å². The van der Waals surface area contributed by atoms with Crippen LogP contribution >= 0.6 is 11.3 Å². The highest BCUT2D eigenvalue weighted by Crippen LogP contribution is 2.30. The summed E-state index contributed by atoms with van der Waals surface area (Å²) in [5, 5.41) is 16.5. The van der Waals surface area contributed by atoms with Gasteiger partial charge in [0.1, 0.15) is 16.5 Å². The van der Waals surface area contributed by atoms with Crippen LogP contribution in [0.25, 0.3) is 0 Å². The number of hydrogen-bond acceptors (Lipinski definition) is 7. The van der Waals surface area contributed by atoms with E-state index < -0.39 is 0 Å². The standard InChI is InChI=1S/C16H23N5O2S/c1-3-15-18-19-16(24-15)17-14(22)7-9-21-8-5-4-6-13(21)12-10-11(2)23-20-12/h10,13H,3-9H2,1-2H3,(H,17,19,22)/t13-/m0/s1. The molecule has 0 saturated carbocycles. The molecule has 130 valence electrons. The predicted molar refractivity (Wildman–Crippen MR) is 91.9 cm³/mol. The number of nitrogens with one attached hydrogen (secondary N) is 1. The minimum atomic E-state index is -0.0190. The molecule has 1 atom stereocenters. The predicted octanol–water partition coefficient (Wildman–Crippen LogP) is 2.95. The summed E-state index contributed by atoms with van der Waals surface area (Å²) in [7, 11) is 0. The van der Waals surface area contributed by atoms with Gasteiger partial charge < -0.3 is 9.84 Å². The second-order valence-electron chi connectivity index (χ2n) is 6.06. The lowest BCUT2D eigenvalue weighted by Crippen LogP contribution is -2.35. The maximum atomic E-state index is 12.2.